The van der Waals surface area contributed by atoms with E-state index in [1.807, 2.05) is 24.3 Å². The number of hydrogen-bond acceptors (Lipinski definition) is 3. The third-order valence-electron chi connectivity index (χ3n) is 6.76. The maximum absolute atomic E-state index is 12.6. The van der Waals surface area contributed by atoms with E-state index in [0.29, 0.717) is 16.3 Å². The average Bonchev–Trinajstić information content (AvgIpc) is 2.95. The van der Waals surface area contributed by atoms with Crippen molar-refractivity contribution in [2.24, 2.45) is 23.2 Å². The van der Waals surface area contributed by atoms with Gasteiger partial charge in [0.2, 0.25) is 5.91 Å². The summed E-state index contributed by atoms with van der Waals surface area (Å²) in [6, 6.07) is 7.66. The van der Waals surface area contributed by atoms with E-state index in [-0.39, 0.29) is 17.2 Å². The first-order chi connectivity index (χ1) is 13.0. The highest BCUT2D eigenvalue weighted by molar-refractivity contribution is 7.21. The molecule has 2 amide bonds. The second-order valence-electron chi connectivity index (χ2n) is 8.84. The van der Waals surface area contributed by atoms with Crippen molar-refractivity contribution in [3.8, 4) is 0 Å². The molecule has 2 aromatic rings. The molecule has 0 atom stereocenters. The number of amides is 2. The topological polar surface area (TPSA) is 58.2 Å². The average molecular weight is 403 g/mol. The van der Waals surface area contributed by atoms with E-state index in [4.69, 9.17) is 11.6 Å². The second kappa shape index (κ2) is 6.49. The molecule has 4 saturated carbocycles. The zero-order valence-corrected chi connectivity index (χ0v) is 16.7. The molecule has 4 aliphatic carbocycles. The summed E-state index contributed by atoms with van der Waals surface area (Å²) in [6.45, 7) is 0. The third-order valence-corrected chi connectivity index (χ3v) is 8.43. The molecular formula is C21H23ClN2O2S. The van der Waals surface area contributed by atoms with Crippen LogP contribution in [-0.2, 0) is 4.79 Å². The van der Waals surface area contributed by atoms with Crippen molar-refractivity contribution < 1.29 is 9.59 Å². The Kier molecular flexibility index (Phi) is 4.21. The minimum absolute atomic E-state index is 0.0810. The Morgan fingerprint density at radius 3 is 2.30 bits per heavy atom. The van der Waals surface area contributed by atoms with Crippen molar-refractivity contribution in [3.05, 3.63) is 34.2 Å². The zero-order chi connectivity index (χ0) is 18.6. The van der Waals surface area contributed by atoms with E-state index >= 15 is 0 Å². The van der Waals surface area contributed by atoms with Crippen molar-refractivity contribution in [1.29, 1.82) is 0 Å². The summed E-state index contributed by atoms with van der Waals surface area (Å²) < 4.78 is 0.965. The second-order valence-corrected chi connectivity index (χ2v) is 10.3. The Balaban J connectivity index is 1.23. The minimum atomic E-state index is -0.347. The Morgan fingerprint density at radius 1 is 1.04 bits per heavy atom. The lowest BCUT2D eigenvalue weighted by atomic mass is 9.49. The molecule has 2 N–H and O–H groups in total. The number of nitrogens with one attached hydrogen (secondary N) is 2. The standard InChI is InChI=1S/C21H23ClN2O2S/c22-18-15-3-1-2-4-16(15)27-19(18)20(26)24-23-17(25)11-21-8-12-5-13(9-21)7-14(6-12)10-21/h1-4,12-14H,5-11H2,(H,23,25)(H,24,26). The van der Waals surface area contributed by atoms with Crippen LogP contribution in [0.1, 0.15) is 54.6 Å². The van der Waals surface area contributed by atoms with Gasteiger partial charge in [-0.1, -0.05) is 29.8 Å². The van der Waals surface area contributed by atoms with Crippen molar-refractivity contribution in [3.63, 3.8) is 0 Å². The molecule has 0 saturated heterocycles. The van der Waals surface area contributed by atoms with Gasteiger partial charge in [0.1, 0.15) is 4.88 Å². The number of thiophene rings is 1. The highest BCUT2D eigenvalue weighted by Gasteiger charge is 2.51. The Bertz CT molecular complexity index is 887. The van der Waals surface area contributed by atoms with Crippen LogP contribution >= 0.6 is 22.9 Å². The van der Waals surface area contributed by atoms with Crippen molar-refractivity contribution in [2.75, 3.05) is 0 Å². The van der Waals surface area contributed by atoms with E-state index in [1.54, 1.807) is 0 Å². The molecule has 0 unspecified atom stereocenters. The molecular weight excluding hydrogens is 380 g/mol. The van der Waals surface area contributed by atoms with Gasteiger partial charge in [-0.05, 0) is 67.8 Å². The third kappa shape index (κ3) is 3.15. The molecule has 6 rings (SSSR count). The van der Waals surface area contributed by atoms with Crippen LogP contribution in [0.15, 0.2) is 24.3 Å². The van der Waals surface area contributed by atoms with Crippen molar-refractivity contribution in [1.82, 2.24) is 10.9 Å². The molecule has 0 spiro atoms. The maximum atomic E-state index is 12.6. The van der Waals surface area contributed by atoms with Gasteiger partial charge in [-0.3, -0.25) is 20.4 Å². The summed E-state index contributed by atoms with van der Waals surface area (Å²) in [4.78, 5) is 25.5. The molecule has 1 aromatic heterocycles. The summed E-state index contributed by atoms with van der Waals surface area (Å²) in [5, 5.41) is 1.32. The zero-order valence-electron chi connectivity index (χ0n) is 15.1. The van der Waals surface area contributed by atoms with Crippen LogP contribution in [0.25, 0.3) is 10.1 Å². The fourth-order valence-corrected chi connectivity index (χ4v) is 7.65. The van der Waals surface area contributed by atoms with E-state index in [9.17, 15) is 9.59 Å². The minimum Gasteiger partial charge on any atom is -0.273 e. The van der Waals surface area contributed by atoms with Crippen molar-refractivity contribution >= 4 is 44.8 Å². The molecule has 0 radical (unpaired) electrons. The Hall–Kier alpha value is -1.59. The van der Waals surface area contributed by atoms with E-state index in [1.165, 1.54) is 49.9 Å². The van der Waals surface area contributed by atoms with Gasteiger partial charge < -0.3 is 0 Å². The van der Waals surface area contributed by atoms with E-state index < -0.39 is 0 Å². The Morgan fingerprint density at radius 2 is 1.67 bits per heavy atom. The lowest BCUT2D eigenvalue weighted by Crippen LogP contribution is -2.50. The van der Waals surface area contributed by atoms with Gasteiger partial charge in [0, 0.05) is 16.5 Å². The number of hydrogen-bond donors (Lipinski definition) is 2. The van der Waals surface area contributed by atoms with Gasteiger partial charge in [0.05, 0.1) is 5.02 Å². The monoisotopic (exact) mass is 402 g/mol. The van der Waals surface area contributed by atoms with Crippen LogP contribution in [0.5, 0.6) is 0 Å². The first-order valence-electron chi connectivity index (χ1n) is 9.77. The summed E-state index contributed by atoms with van der Waals surface area (Å²) >= 11 is 7.69. The number of halogens is 1. The van der Waals surface area contributed by atoms with Gasteiger partial charge in [-0.2, -0.15) is 0 Å². The summed E-state index contributed by atoms with van der Waals surface area (Å²) in [5.41, 5.74) is 5.37. The molecule has 4 bridgehead atoms. The van der Waals surface area contributed by atoms with Gasteiger partial charge >= 0.3 is 0 Å². The molecule has 27 heavy (non-hydrogen) atoms. The molecule has 142 valence electrons. The summed E-state index contributed by atoms with van der Waals surface area (Å²) in [7, 11) is 0. The number of carbonyl (C=O) groups excluding carboxylic acids is 2. The highest BCUT2D eigenvalue weighted by Crippen LogP contribution is 2.61. The molecule has 4 nitrogen and oxygen atoms in total. The van der Waals surface area contributed by atoms with Gasteiger partial charge in [0.15, 0.2) is 0 Å². The molecule has 1 heterocycles. The first-order valence-corrected chi connectivity index (χ1v) is 11.0. The van der Waals surface area contributed by atoms with Gasteiger partial charge in [0.25, 0.3) is 5.91 Å². The lowest BCUT2D eigenvalue weighted by Gasteiger charge is -2.56. The fourth-order valence-electron chi connectivity index (χ4n) is 6.23. The van der Waals surface area contributed by atoms with Crippen LogP contribution in [0.4, 0.5) is 0 Å². The van der Waals surface area contributed by atoms with Crippen LogP contribution in [0, 0.1) is 23.2 Å². The van der Waals surface area contributed by atoms with Crippen LogP contribution < -0.4 is 10.9 Å². The SMILES string of the molecule is O=C(CC12CC3CC(CC(C3)C1)C2)NNC(=O)c1sc2ccccc2c1Cl. The van der Waals surface area contributed by atoms with Crippen LogP contribution in [0.3, 0.4) is 0 Å². The Labute approximate surface area is 167 Å². The van der Waals surface area contributed by atoms with Gasteiger partial charge in [-0.25, -0.2) is 0 Å². The molecule has 4 aliphatic rings. The predicted molar refractivity (Wildman–Crippen MR) is 108 cm³/mol. The smallest absolute Gasteiger partial charge is 0.273 e. The fraction of sp³-hybridized carbons (Fsp3) is 0.524. The largest absolute Gasteiger partial charge is 0.281 e. The maximum Gasteiger partial charge on any atom is 0.281 e. The highest BCUT2D eigenvalue weighted by atomic mass is 35.5. The number of hydrazine groups is 1. The quantitative estimate of drug-likeness (QED) is 0.715. The first kappa shape index (κ1) is 17.5. The van der Waals surface area contributed by atoms with Crippen molar-refractivity contribution in [2.45, 2.75) is 44.9 Å². The molecule has 1 aromatic carbocycles. The summed E-state index contributed by atoms with van der Waals surface area (Å²) in [6.07, 6.45) is 8.16. The summed E-state index contributed by atoms with van der Waals surface area (Å²) in [5.74, 6) is 2.02. The number of carbonyl (C=O) groups is 2. The normalized spacial score (nSPS) is 31.2. The number of rotatable bonds is 3. The molecule has 4 fully saturated rings. The molecule has 0 aliphatic heterocycles. The van der Waals surface area contributed by atoms with Crippen LogP contribution in [-0.4, -0.2) is 11.8 Å². The van der Waals surface area contributed by atoms with Gasteiger partial charge in [-0.15, -0.1) is 11.3 Å². The molecule has 6 heteroatoms. The van der Waals surface area contributed by atoms with E-state index in [0.717, 1.165) is 27.8 Å². The number of benzene rings is 1. The van der Waals surface area contributed by atoms with Crippen LogP contribution in [0.2, 0.25) is 5.02 Å². The predicted octanol–water partition coefficient (Wildman–Crippen LogP) is 4.92. The van der Waals surface area contributed by atoms with E-state index in [2.05, 4.69) is 10.9 Å². The lowest BCUT2D eigenvalue weighted by molar-refractivity contribution is -0.130. The number of fused-ring (bicyclic) bond motifs is 1.